The summed E-state index contributed by atoms with van der Waals surface area (Å²) in [5.74, 6) is -1.09. The normalized spacial score (nSPS) is 18.8. The van der Waals surface area contributed by atoms with Crippen LogP contribution in [0.3, 0.4) is 0 Å². The minimum atomic E-state index is -0.654. The number of hydrogen-bond donors (Lipinski definition) is 1. The molecule has 0 amide bonds. The zero-order valence-corrected chi connectivity index (χ0v) is 13.3. The van der Waals surface area contributed by atoms with Gasteiger partial charge in [0, 0.05) is 12.8 Å². The molecule has 1 N–H and O–H groups in total. The van der Waals surface area contributed by atoms with Crippen LogP contribution >= 0.6 is 0 Å². The predicted molar refractivity (Wildman–Crippen MR) is 82.1 cm³/mol. The molecule has 0 aromatic rings. The van der Waals surface area contributed by atoms with Gasteiger partial charge in [-0.25, -0.2) is 4.79 Å². The molecular formula is C17H28O4. The highest BCUT2D eigenvalue weighted by Gasteiger charge is 2.32. The van der Waals surface area contributed by atoms with Crippen LogP contribution in [0.15, 0.2) is 11.3 Å². The molecule has 1 atom stereocenters. The van der Waals surface area contributed by atoms with Crippen molar-refractivity contribution in [1.82, 2.24) is 0 Å². The number of cyclic esters (lactones) is 1. The Hall–Kier alpha value is -1.32. The second-order valence-electron chi connectivity index (χ2n) is 5.74. The van der Waals surface area contributed by atoms with Crippen LogP contribution in [0, 0.1) is 0 Å². The van der Waals surface area contributed by atoms with E-state index in [1.54, 1.807) is 6.92 Å². The molecule has 1 rings (SSSR count). The molecule has 0 fully saturated rings. The van der Waals surface area contributed by atoms with E-state index in [-0.39, 0.29) is 36.1 Å². The molecule has 1 aliphatic rings. The van der Waals surface area contributed by atoms with Gasteiger partial charge in [0.1, 0.15) is 17.4 Å². The Balaban J connectivity index is 2.29. The van der Waals surface area contributed by atoms with Crippen LogP contribution in [0.4, 0.5) is 0 Å². The van der Waals surface area contributed by atoms with Crippen LogP contribution in [0.25, 0.3) is 0 Å². The summed E-state index contributed by atoms with van der Waals surface area (Å²) in [7, 11) is 0. The number of carbonyl (C=O) groups is 2. The molecule has 1 heterocycles. The quantitative estimate of drug-likeness (QED) is 0.372. The number of unbranched alkanes of at least 4 members (excludes halogenated alkanes) is 6. The average Bonchev–Trinajstić information content (AvgIpc) is 2.45. The third-order valence-electron chi connectivity index (χ3n) is 3.92. The number of rotatable bonds is 10. The van der Waals surface area contributed by atoms with E-state index in [2.05, 4.69) is 6.92 Å². The van der Waals surface area contributed by atoms with Crippen molar-refractivity contribution < 1.29 is 19.4 Å². The highest BCUT2D eigenvalue weighted by molar-refractivity contribution is 6.17. The fourth-order valence-corrected chi connectivity index (χ4v) is 2.63. The Labute approximate surface area is 127 Å². The molecule has 0 aliphatic carbocycles. The molecule has 0 aromatic heterocycles. The predicted octanol–water partition coefficient (Wildman–Crippen LogP) is 4.23. The van der Waals surface area contributed by atoms with Crippen molar-refractivity contribution in [2.24, 2.45) is 0 Å². The largest absolute Gasteiger partial charge is 0.511 e. The number of Topliss-reactive ketones (excluding diaryl/α,β-unsaturated/α-hetero) is 1. The van der Waals surface area contributed by atoms with Gasteiger partial charge in [-0.1, -0.05) is 52.4 Å². The summed E-state index contributed by atoms with van der Waals surface area (Å²) in [6.45, 7) is 3.87. The molecule has 0 radical (unpaired) electrons. The first-order chi connectivity index (χ1) is 10.1. The van der Waals surface area contributed by atoms with Gasteiger partial charge in [-0.15, -0.1) is 0 Å². The Morgan fingerprint density at radius 2 is 1.76 bits per heavy atom. The maximum Gasteiger partial charge on any atom is 0.345 e. The van der Waals surface area contributed by atoms with E-state index in [0.29, 0.717) is 0 Å². The molecule has 0 bridgehead atoms. The van der Waals surface area contributed by atoms with Crippen molar-refractivity contribution >= 4 is 11.8 Å². The molecular weight excluding hydrogens is 268 g/mol. The molecule has 0 spiro atoms. The number of ether oxygens (including phenoxy) is 1. The van der Waals surface area contributed by atoms with Crippen LogP contribution in [-0.4, -0.2) is 23.0 Å². The van der Waals surface area contributed by atoms with Gasteiger partial charge in [-0.3, -0.25) is 4.79 Å². The summed E-state index contributed by atoms with van der Waals surface area (Å²) in [5, 5.41) is 9.87. The lowest BCUT2D eigenvalue weighted by molar-refractivity contribution is -0.148. The molecule has 4 nitrogen and oxygen atoms in total. The fraction of sp³-hybridized carbons (Fsp3) is 0.765. The van der Waals surface area contributed by atoms with Crippen LogP contribution in [0.1, 0.15) is 78.1 Å². The van der Waals surface area contributed by atoms with Gasteiger partial charge in [-0.05, 0) is 12.8 Å². The summed E-state index contributed by atoms with van der Waals surface area (Å²) in [6.07, 6.45) is 9.41. The fourth-order valence-electron chi connectivity index (χ4n) is 2.63. The smallest absolute Gasteiger partial charge is 0.345 e. The van der Waals surface area contributed by atoms with E-state index in [1.165, 1.54) is 32.1 Å². The Bertz CT molecular complexity index is 384. The minimum absolute atomic E-state index is 0.0916. The Kier molecular flexibility index (Phi) is 8.09. The van der Waals surface area contributed by atoms with Crippen molar-refractivity contribution in [3.05, 3.63) is 11.3 Å². The lowest BCUT2D eigenvalue weighted by Gasteiger charge is -2.23. The van der Waals surface area contributed by atoms with Gasteiger partial charge in [-0.2, -0.15) is 0 Å². The number of aliphatic hydroxyl groups is 1. The van der Waals surface area contributed by atoms with Gasteiger partial charge in [0.25, 0.3) is 0 Å². The highest BCUT2D eigenvalue weighted by Crippen LogP contribution is 2.24. The first-order valence-electron chi connectivity index (χ1n) is 8.26. The Morgan fingerprint density at radius 1 is 1.14 bits per heavy atom. The van der Waals surface area contributed by atoms with E-state index in [1.807, 2.05) is 0 Å². The summed E-state index contributed by atoms with van der Waals surface area (Å²) in [4.78, 5) is 23.3. The number of ketones is 1. The van der Waals surface area contributed by atoms with E-state index in [0.717, 1.165) is 19.3 Å². The summed E-state index contributed by atoms with van der Waals surface area (Å²) in [6, 6.07) is 0. The monoisotopic (exact) mass is 296 g/mol. The third-order valence-corrected chi connectivity index (χ3v) is 3.92. The van der Waals surface area contributed by atoms with Crippen LogP contribution < -0.4 is 0 Å². The minimum Gasteiger partial charge on any atom is -0.511 e. The Morgan fingerprint density at radius 3 is 2.33 bits per heavy atom. The molecule has 1 aliphatic heterocycles. The van der Waals surface area contributed by atoms with Crippen LogP contribution in [0.5, 0.6) is 0 Å². The van der Waals surface area contributed by atoms with E-state index >= 15 is 0 Å². The number of esters is 1. The first-order valence-corrected chi connectivity index (χ1v) is 8.26. The topological polar surface area (TPSA) is 63.6 Å². The van der Waals surface area contributed by atoms with Crippen LogP contribution in [-0.2, 0) is 14.3 Å². The van der Waals surface area contributed by atoms with Crippen molar-refractivity contribution in [3.8, 4) is 0 Å². The molecule has 120 valence electrons. The maximum atomic E-state index is 11.8. The van der Waals surface area contributed by atoms with E-state index in [4.69, 9.17) is 4.74 Å². The average molecular weight is 296 g/mol. The van der Waals surface area contributed by atoms with Crippen molar-refractivity contribution in [2.75, 3.05) is 0 Å². The summed E-state index contributed by atoms with van der Waals surface area (Å²) >= 11 is 0. The first kappa shape index (κ1) is 17.7. The summed E-state index contributed by atoms with van der Waals surface area (Å²) < 4.78 is 5.26. The summed E-state index contributed by atoms with van der Waals surface area (Å²) in [5.41, 5.74) is -0.145. The second-order valence-corrected chi connectivity index (χ2v) is 5.74. The lowest BCUT2D eigenvalue weighted by atomic mass is 9.98. The van der Waals surface area contributed by atoms with Crippen molar-refractivity contribution in [3.63, 3.8) is 0 Å². The number of carbonyl (C=O) groups excluding carboxylic acids is 2. The third kappa shape index (κ3) is 5.90. The molecule has 4 heteroatoms. The van der Waals surface area contributed by atoms with Gasteiger partial charge < -0.3 is 9.84 Å². The maximum absolute atomic E-state index is 11.8. The second kappa shape index (κ2) is 9.59. The molecule has 0 saturated heterocycles. The molecule has 21 heavy (non-hydrogen) atoms. The zero-order valence-electron chi connectivity index (χ0n) is 13.3. The van der Waals surface area contributed by atoms with Crippen molar-refractivity contribution in [2.45, 2.75) is 84.2 Å². The number of hydrogen-bond acceptors (Lipinski definition) is 4. The van der Waals surface area contributed by atoms with Gasteiger partial charge in [0.05, 0.1) is 0 Å². The van der Waals surface area contributed by atoms with Crippen molar-refractivity contribution in [1.29, 1.82) is 0 Å². The van der Waals surface area contributed by atoms with Gasteiger partial charge >= 0.3 is 5.97 Å². The SMILES string of the molecule is CCCCCCCCCC1CC(O)=C(C(=O)CC)C(=O)O1. The standard InChI is InChI=1S/C17H28O4/c1-3-5-6-7-8-9-10-11-13-12-15(19)16(14(18)4-2)17(20)21-13/h13,19H,3-12H2,1-2H3. The van der Waals surface area contributed by atoms with E-state index < -0.39 is 5.97 Å². The molecule has 1 unspecified atom stereocenters. The van der Waals surface area contributed by atoms with Gasteiger partial charge in [0.15, 0.2) is 5.78 Å². The molecule has 0 saturated carbocycles. The van der Waals surface area contributed by atoms with Gasteiger partial charge in [0.2, 0.25) is 0 Å². The number of aliphatic hydroxyl groups excluding tert-OH is 1. The van der Waals surface area contributed by atoms with Crippen LogP contribution in [0.2, 0.25) is 0 Å². The highest BCUT2D eigenvalue weighted by atomic mass is 16.5. The zero-order chi connectivity index (χ0) is 15.7. The van der Waals surface area contributed by atoms with E-state index in [9.17, 15) is 14.7 Å². The lowest BCUT2D eigenvalue weighted by Crippen LogP contribution is -2.30. The molecule has 0 aromatic carbocycles.